The van der Waals surface area contributed by atoms with E-state index in [1.54, 1.807) is 6.92 Å². The Labute approximate surface area is 97.9 Å². The summed E-state index contributed by atoms with van der Waals surface area (Å²) in [6.07, 6.45) is 0.829. The number of aromatic carboxylic acids is 1. The monoisotopic (exact) mass is 239 g/mol. The van der Waals surface area contributed by atoms with Gasteiger partial charge in [-0.25, -0.2) is 9.59 Å². The highest BCUT2D eigenvalue weighted by molar-refractivity contribution is 5.88. The summed E-state index contributed by atoms with van der Waals surface area (Å²) in [4.78, 5) is 21.8. The molecular weight excluding hydrogens is 226 g/mol. The summed E-state index contributed by atoms with van der Waals surface area (Å²) in [6, 6.07) is 1.37. The summed E-state index contributed by atoms with van der Waals surface area (Å²) < 4.78 is 9.83. The van der Waals surface area contributed by atoms with Crippen LogP contribution in [0.1, 0.15) is 21.9 Å². The fourth-order valence-electron chi connectivity index (χ4n) is 1.19. The van der Waals surface area contributed by atoms with Crippen molar-refractivity contribution < 1.29 is 23.8 Å². The van der Waals surface area contributed by atoms with E-state index in [0.29, 0.717) is 11.5 Å². The molecule has 0 spiro atoms. The lowest BCUT2D eigenvalue weighted by molar-refractivity contribution is 0.0695. The van der Waals surface area contributed by atoms with E-state index in [9.17, 15) is 9.59 Å². The first-order chi connectivity index (χ1) is 8.04. The third-order valence-corrected chi connectivity index (χ3v) is 1.94. The zero-order valence-corrected chi connectivity index (χ0v) is 9.36. The molecule has 0 aliphatic heterocycles. The lowest BCUT2D eigenvalue weighted by Crippen LogP contribution is -2.23. The zero-order chi connectivity index (χ0) is 12.8. The number of nitrogens with one attached hydrogen (secondary N) is 1. The van der Waals surface area contributed by atoms with Crippen molar-refractivity contribution >= 4 is 12.1 Å². The number of alkyl carbamates (subject to hydrolysis) is 1. The molecule has 0 saturated heterocycles. The van der Waals surface area contributed by atoms with Gasteiger partial charge in [0.2, 0.25) is 0 Å². The molecule has 6 heteroatoms. The summed E-state index contributed by atoms with van der Waals surface area (Å²) in [5.74, 6) is -0.407. The van der Waals surface area contributed by atoms with Crippen molar-refractivity contribution in [1.82, 2.24) is 5.32 Å². The van der Waals surface area contributed by atoms with Crippen molar-refractivity contribution in [2.24, 2.45) is 0 Å². The van der Waals surface area contributed by atoms with Gasteiger partial charge in [0.15, 0.2) is 0 Å². The number of carbonyl (C=O) groups is 2. The summed E-state index contributed by atoms with van der Waals surface area (Å²) in [6.45, 7) is 5.13. The lowest BCUT2D eigenvalue weighted by Gasteiger charge is -2.02. The summed E-state index contributed by atoms with van der Waals surface area (Å²) >= 11 is 0. The van der Waals surface area contributed by atoms with Crippen molar-refractivity contribution in [3.05, 3.63) is 35.8 Å². The second kappa shape index (κ2) is 5.74. The number of carboxylic acid groups (broad SMARTS) is 1. The maximum absolute atomic E-state index is 11.1. The Morgan fingerprint density at radius 1 is 1.65 bits per heavy atom. The highest BCUT2D eigenvalue weighted by Crippen LogP contribution is 2.14. The van der Waals surface area contributed by atoms with Crippen LogP contribution in [0.4, 0.5) is 4.79 Å². The standard InChI is InChI=1S/C11H13NO5/c1-3-4-16-11(15)12-6-8-5-9(10(13)14)7(2)17-8/h3,5H,1,4,6H2,2H3,(H,12,15)(H,13,14). The first-order valence-electron chi connectivity index (χ1n) is 4.88. The molecule has 0 aliphatic carbocycles. The molecule has 1 amide bonds. The predicted octanol–water partition coefficient (Wildman–Crippen LogP) is 1.70. The van der Waals surface area contributed by atoms with Crippen molar-refractivity contribution in [3.8, 4) is 0 Å². The van der Waals surface area contributed by atoms with Gasteiger partial charge in [-0.2, -0.15) is 0 Å². The van der Waals surface area contributed by atoms with Gasteiger partial charge in [-0.05, 0) is 13.0 Å². The van der Waals surface area contributed by atoms with Gasteiger partial charge in [0.05, 0.1) is 6.54 Å². The Bertz CT molecular complexity index is 435. The van der Waals surface area contributed by atoms with Crippen LogP contribution in [0.25, 0.3) is 0 Å². The largest absolute Gasteiger partial charge is 0.478 e. The molecule has 2 N–H and O–H groups in total. The molecule has 0 aromatic carbocycles. The molecule has 1 rings (SSSR count). The molecule has 0 atom stereocenters. The fraction of sp³-hybridized carbons (Fsp3) is 0.273. The van der Waals surface area contributed by atoms with Gasteiger partial charge in [-0.1, -0.05) is 12.7 Å². The van der Waals surface area contributed by atoms with Crippen LogP contribution >= 0.6 is 0 Å². The van der Waals surface area contributed by atoms with E-state index in [2.05, 4.69) is 16.6 Å². The number of carboxylic acids is 1. The maximum Gasteiger partial charge on any atom is 0.407 e. The number of rotatable bonds is 5. The number of hydrogen-bond acceptors (Lipinski definition) is 4. The van der Waals surface area contributed by atoms with Gasteiger partial charge in [0.1, 0.15) is 23.7 Å². The van der Waals surface area contributed by atoms with Crippen LogP contribution in [0.2, 0.25) is 0 Å². The fourth-order valence-corrected chi connectivity index (χ4v) is 1.19. The number of furan rings is 1. The highest BCUT2D eigenvalue weighted by atomic mass is 16.5. The third-order valence-electron chi connectivity index (χ3n) is 1.94. The smallest absolute Gasteiger partial charge is 0.407 e. The summed E-state index contributed by atoms with van der Waals surface area (Å²) in [7, 11) is 0. The molecule has 1 aromatic heterocycles. The first kappa shape index (κ1) is 12.8. The number of amides is 1. The Morgan fingerprint density at radius 2 is 2.35 bits per heavy atom. The molecule has 1 heterocycles. The van der Waals surface area contributed by atoms with Crippen LogP contribution in [0.15, 0.2) is 23.1 Å². The highest BCUT2D eigenvalue weighted by Gasteiger charge is 2.14. The number of aryl methyl sites for hydroxylation is 1. The van der Waals surface area contributed by atoms with Gasteiger partial charge >= 0.3 is 12.1 Å². The van der Waals surface area contributed by atoms with Crippen LogP contribution < -0.4 is 5.32 Å². The number of carbonyl (C=O) groups excluding carboxylic acids is 1. The molecule has 6 nitrogen and oxygen atoms in total. The van der Waals surface area contributed by atoms with Gasteiger partial charge in [0.25, 0.3) is 0 Å². The van der Waals surface area contributed by atoms with Gasteiger partial charge in [-0.15, -0.1) is 0 Å². The van der Waals surface area contributed by atoms with E-state index in [-0.39, 0.29) is 18.7 Å². The van der Waals surface area contributed by atoms with Crippen molar-refractivity contribution in [3.63, 3.8) is 0 Å². The summed E-state index contributed by atoms with van der Waals surface area (Å²) in [5.41, 5.74) is 0.0845. The minimum atomic E-state index is -1.06. The normalized spacial score (nSPS) is 9.71. The zero-order valence-electron chi connectivity index (χ0n) is 9.36. The van der Waals surface area contributed by atoms with Crippen LogP contribution in [-0.2, 0) is 11.3 Å². The quantitative estimate of drug-likeness (QED) is 0.763. The van der Waals surface area contributed by atoms with E-state index in [4.69, 9.17) is 9.52 Å². The maximum atomic E-state index is 11.1. The van der Waals surface area contributed by atoms with E-state index >= 15 is 0 Å². The third kappa shape index (κ3) is 3.67. The average molecular weight is 239 g/mol. The lowest BCUT2D eigenvalue weighted by atomic mass is 10.2. The number of ether oxygens (including phenoxy) is 1. The predicted molar refractivity (Wildman–Crippen MR) is 58.8 cm³/mol. The SMILES string of the molecule is C=CCOC(=O)NCc1cc(C(=O)O)c(C)o1. The van der Waals surface area contributed by atoms with E-state index in [0.717, 1.165) is 0 Å². The Morgan fingerprint density at radius 3 is 2.88 bits per heavy atom. The molecule has 0 saturated carbocycles. The van der Waals surface area contributed by atoms with E-state index < -0.39 is 12.1 Å². The Balaban J connectivity index is 2.52. The minimum Gasteiger partial charge on any atom is -0.478 e. The van der Waals surface area contributed by atoms with E-state index in [1.165, 1.54) is 12.1 Å². The topological polar surface area (TPSA) is 88.8 Å². The van der Waals surface area contributed by atoms with Gasteiger partial charge < -0.3 is 19.6 Å². The molecule has 0 fully saturated rings. The van der Waals surface area contributed by atoms with Gasteiger partial charge in [0, 0.05) is 0 Å². The molecule has 0 bridgehead atoms. The molecular formula is C11H13NO5. The van der Waals surface area contributed by atoms with Crippen LogP contribution in [0.5, 0.6) is 0 Å². The number of hydrogen-bond donors (Lipinski definition) is 2. The summed E-state index contributed by atoms with van der Waals surface area (Å²) in [5, 5.41) is 11.2. The van der Waals surface area contributed by atoms with Crippen molar-refractivity contribution in [1.29, 1.82) is 0 Å². The van der Waals surface area contributed by atoms with E-state index in [1.807, 2.05) is 0 Å². The minimum absolute atomic E-state index is 0.0735. The molecule has 92 valence electrons. The molecule has 0 aliphatic rings. The van der Waals surface area contributed by atoms with Crippen molar-refractivity contribution in [2.75, 3.05) is 6.61 Å². The second-order valence-electron chi connectivity index (χ2n) is 3.23. The van der Waals surface area contributed by atoms with Gasteiger partial charge in [-0.3, -0.25) is 0 Å². The van der Waals surface area contributed by atoms with Crippen LogP contribution in [0.3, 0.4) is 0 Å². The molecule has 17 heavy (non-hydrogen) atoms. The van der Waals surface area contributed by atoms with Crippen molar-refractivity contribution in [2.45, 2.75) is 13.5 Å². The Kier molecular flexibility index (Phi) is 4.33. The molecule has 0 unspecified atom stereocenters. The van der Waals surface area contributed by atoms with Crippen LogP contribution in [-0.4, -0.2) is 23.8 Å². The Hall–Kier alpha value is -2.24. The second-order valence-corrected chi connectivity index (χ2v) is 3.23. The first-order valence-corrected chi connectivity index (χ1v) is 4.88. The molecule has 0 radical (unpaired) electrons. The molecule has 1 aromatic rings. The van der Waals surface area contributed by atoms with Crippen LogP contribution in [0, 0.1) is 6.92 Å². The average Bonchev–Trinajstić information content (AvgIpc) is 2.65.